The van der Waals surface area contributed by atoms with Crippen LogP contribution in [0, 0.1) is 32.9 Å². The Kier molecular flexibility index (Phi) is 10.0. The number of benzene rings is 6. The summed E-state index contributed by atoms with van der Waals surface area (Å²) in [6.07, 6.45) is 3.78. The smallest absolute Gasteiger partial charge is 0.241 e. The molecule has 0 N–H and O–H groups in total. The van der Waals surface area contributed by atoms with Gasteiger partial charge in [0.05, 0.1) is 0 Å². The van der Waals surface area contributed by atoms with Crippen molar-refractivity contribution in [1.29, 1.82) is 0 Å². The second kappa shape index (κ2) is 15.4. The quantitative estimate of drug-likeness (QED) is 0.131. The molecule has 2 aliphatic heterocycles. The van der Waals surface area contributed by atoms with E-state index in [-0.39, 0.29) is 26.8 Å². The molecule has 2 aromatic heterocycles. The van der Waals surface area contributed by atoms with Crippen molar-refractivity contribution < 1.29 is 29.6 Å². The molecule has 1 radical (unpaired) electrons. The van der Waals surface area contributed by atoms with Gasteiger partial charge in [-0.2, -0.15) is 0 Å². The first kappa shape index (κ1) is 35.9. The first-order valence-corrected chi connectivity index (χ1v) is 18.2. The van der Waals surface area contributed by atoms with Crippen LogP contribution in [0.3, 0.4) is 0 Å². The first-order chi connectivity index (χ1) is 26.5. The molecule has 0 aliphatic carbocycles. The maximum atomic E-state index is 6.52. The zero-order chi connectivity index (χ0) is 36.6. The van der Waals surface area contributed by atoms with Crippen LogP contribution in [-0.2, 0) is 20.1 Å². The summed E-state index contributed by atoms with van der Waals surface area (Å²) in [5.74, 6) is 3.36. The number of para-hydroxylation sites is 1. The van der Waals surface area contributed by atoms with Crippen molar-refractivity contribution in [3.63, 3.8) is 0 Å². The van der Waals surface area contributed by atoms with Gasteiger partial charge in [0.1, 0.15) is 17.2 Å². The molecule has 0 saturated heterocycles. The number of nitrogens with zero attached hydrogens (tertiary/aromatic N) is 2. The van der Waals surface area contributed by atoms with E-state index in [0.717, 1.165) is 73.0 Å². The van der Waals surface area contributed by atoms with Crippen LogP contribution in [0.2, 0.25) is 0 Å². The van der Waals surface area contributed by atoms with Crippen molar-refractivity contribution in [3.8, 4) is 67.8 Å². The normalized spacial score (nSPS) is 11.7. The molecule has 4 nitrogen and oxygen atoms in total. The minimum absolute atomic E-state index is 0. The maximum Gasteiger partial charge on any atom is 0.241 e. The van der Waals surface area contributed by atoms with Crippen LogP contribution in [0.15, 0.2) is 158 Å². The largest absolute Gasteiger partial charge is 0.503 e. The minimum Gasteiger partial charge on any atom is -0.503 e. The van der Waals surface area contributed by atoms with E-state index < -0.39 is 0 Å². The third kappa shape index (κ3) is 6.92. The fraction of sp³-hybridized carbons (Fsp3) is 0.0612. The molecule has 0 atom stereocenters. The summed E-state index contributed by atoms with van der Waals surface area (Å²) in [7, 11) is 0. The van der Waals surface area contributed by atoms with Crippen molar-refractivity contribution in [3.05, 3.63) is 187 Å². The standard InChI is InChI=1S/C29H17BNO2.C20H18N.Ir/c1-2-8-19(9-3-1)20-16-17-31-24(18-20)21-10-6-12-23-29(21)33-27-15-7-14-26-28(27)30(23)22-11-4-5-13-25(22)32-26;1-14-9-10-18(20-11-15(2)16(3)13-21-20)12-19(14)17-7-5-4-6-8-17;/h1-9,11-18H;4-9,11-13H,1-3H3;/q2*-1;. The second-order valence-electron chi connectivity index (χ2n) is 13.7. The SMILES string of the molecule is Cc1cnc(-c2[c-]cc(C)c(-c3ccccc3)c2)cc1C.[Ir].[c-]1ccc2c(c1-c1cc(-c3ccccc3)ccn1)Oc1cccc3c1B2c1ccccc1O3. The van der Waals surface area contributed by atoms with Gasteiger partial charge >= 0.3 is 0 Å². The Bertz CT molecular complexity index is 2660. The number of ether oxygens (including phenoxy) is 2. The van der Waals surface area contributed by atoms with Crippen molar-refractivity contribution in [2.75, 3.05) is 0 Å². The second-order valence-corrected chi connectivity index (χ2v) is 13.7. The average molecular weight is 887 g/mol. The van der Waals surface area contributed by atoms with Crippen molar-refractivity contribution in [1.82, 2.24) is 9.97 Å². The fourth-order valence-corrected chi connectivity index (χ4v) is 7.32. The zero-order valence-electron chi connectivity index (χ0n) is 30.6. The first-order valence-electron chi connectivity index (χ1n) is 18.2. The summed E-state index contributed by atoms with van der Waals surface area (Å²) in [6, 6.07) is 56.4. The number of pyridine rings is 2. The number of hydrogen-bond acceptors (Lipinski definition) is 4. The summed E-state index contributed by atoms with van der Waals surface area (Å²) < 4.78 is 12.7. The van der Waals surface area contributed by atoms with Gasteiger partial charge in [-0.15, -0.1) is 53.0 Å². The van der Waals surface area contributed by atoms with E-state index in [1.54, 1.807) is 0 Å². The summed E-state index contributed by atoms with van der Waals surface area (Å²) in [5, 5.41) is 0. The van der Waals surface area contributed by atoms with E-state index in [0.29, 0.717) is 0 Å². The van der Waals surface area contributed by atoms with Gasteiger partial charge in [-0.3, -0.25) is 0 Å². The molecule has 6 heteroatoms. The molecule has 0 saturated carbocycles. The molecule has 2 aliphatic rings. The Morgan fingerprint density at radius 2 is 1.25 bits per heavy atom. The maximum absolute atomic E-state index is 6.52. The number of rotatable bonds is 4. The third-order valence-corrected chi connectivity index (χ3v) is 10.3. The Hall–Kier alpha value is -6.07. The third-order valence-electron chi connectivity index (χ3n) is 10.3. The van der Waals surface area contributed by atoms with E-state index in [1.165, 1.54) is 27.8 Å². The van der Waals surface area contributed by atoms with Crippen LogP contribution in [0.25, 0.3) is 44.8 Å². The summed E-state index contributed by atoms with van der Waals surface area (Å²) in [4.78, 5) is 9.23. The summed E-state index contributed by atoms with van der Waals surface area (Å²) in [6.45, 7) is 6.36. The Morgan fingerprint density at radius 1 is 0.545 bits per heavy atom. The van der Waals surface area contributed by atoms with Gasteiger partial charge < -0.3 is 19.4 Å². The average Bonchev–Trinajstić information content (AvgIpc) is 3.23. The van der Waals surface area contributed by atoms with E-state index in [9.17, 15) is 0 Å². The van der Waals surface area contributed by atoms with Gasteiger partial charge in [0.2, 0.25) is 6.71 Å². The van der Waals surface area contributed by atoms with Gasteiger partial charge in [0.15, 0.2) is 0 Å². The van der Waals surface area contributed by atoms with Crippen molar-refractivity contribution in [2.45, 2.75) is 20.8 Å². The number of fused-ring (bicyclic) bond motifs is 4. The Balaban J connectivity index is 0.000000169. The van der Waals surface area contributed by atoms with Crippen LogP contribution in [-0.4, -0.2) is 16.7 Å². The van der Waals surface area contributed by atoms with Crippen molar-refractivity contribution in [2.24, 2.45) is 0 Å². The number of hydrogen-bond donors (Lipinski definition) is 0. The molecule has 55 heavy (non-hydrogen) atoms. The zero-order valence-corrected chi connectivity index (χ0v) is 33.0. The number of aromatic nitrogens is 2. The predicted octanol–water partition coefficient (Wildman–Crippen LogP) is 10.1. The van der Waals surface area contributed by atoms with E-state index in [2.05, 4.69) is 117 Å². The van der Waals surface area contributed by atoms with Crippen molar-refractivity contribution >= 4 is 23.1 Å². The minimum atomic E-state index is 0. The van der Waals surface area contributed by atoms with E-state index in [1.807, 2.05) is 79.1 Å². The predicted molar refractivity (Wildman–Crippen MR) is 220 cm³/mol. The molecule has 4 heterocycles. The fourth-order valence-electron chi connectivity index (χ4n) is 7.32. The molecule has 0 fully saturated rings. The molecule has 0 unspecified atom stereocenters. The molecule has 8 aromatic rings. The van der Waals surface area contributed by atoms with Crippen LogP contribution in [0.5, 0.6) is 23.0 Å². The van der Waals surface area contributed by atoms with Gasteiger partial charge in [0.25, 0.3) is 0 Å². The van der Waals surface area contributed by atoms with Gasteiger partial charge in [-0.05, 0) is 77.2 Å². The molecule has 0 spiro atoms. The van der Waals surface area contributed by atoms with Crippen LogP contribution < -0.4 is 25.9 Å². The van der Waals surface area contributed by atoms with E-state index in [4.69, 9.17) is 14.5 Å². The topological polar surface area (TPSA) is 44.2 Å². The molecule has 10 rings (SSSR count). The molecule has 0 bridgehead atoms. The Labute approximate surface area is 336 Å². The van der Waals surface area contributed by atoms with Gasteiger partial charge in [0, 0.05) is 43.7 Å². The Morgan fingerprint density at radius 3 is 2.04 bits per heavy atom. The van der Waals surface area contributed by atoms with Crippen LogP contribution in [0.1, 0.15) is 16.7 Å². The van der Waals surface area contributed by atoms with Crippen LogP contribution >= 0.6 is 0 Å². The summed E-state index contributed by atoms with van der Waals surface area (Å²) >= 11 is 0. The van der Waals surface area contributed by atoms with Gasteiger partial charge in [-0.25, -0.2) is 0 Å². The molecule has 0 amide bonds. The molecule has 267 valence electrons. The number of aryl methyl sites for hydroxylation is 3. The molecular weight excluding hydrogens is 852 g/mol. The monoisotopic (exact) mass is 887 g/mol. The molecule has 6 aromatic carbocycles. The van der Waals surface area contributed by atoms with Crippen LogP contribution in [0.4, 0.5) is 0 Å². The molecular formula is C49H35BIrN2O2-2. The van der Waals surface area contributed by atoms with E-state index >= 15 is 0 Å². The summed E-state index contributed by atoms with van der Waals surface area (Å²) in [5.41, 5.74) is 15.5. The van der Waals surface area contributed by atoms with Gasteiger partial charge in [-0.1, -0.05) is 121 Å².